The zero-order valence-electron chi connectivity index (χ0n) is 12.1. The number of nitrogens with zero attached hydrogens (tertiary/aromatic N) is 2. The van der Waals surface area contributed by atoms with E-state index in [-0.39, 0.29) is 22.9 Å². The molecule has 2 aromatic rings. The topological polar surface area (TPSA) is 73.3 Å². The van der Waals surface area contributed by atoms with Crippen LogP contribution in [-0.4, -0.2) is 30.3 Å². The van der Waals surface area contributed by atoms with E-state index in [4.69, 9.17) is 9.47 Å². The van der Waals surface area contributed by atoms with Crippen molar-refractivity contribution in [3.63, 3.8) is 0 Å². The van der Waals surface area contributed by atoms with Gasteiger partial charge in [0.15, 0.2) is 11.5 Å². The summed E-state index contributed by atoms with van der Waals surface area (Å²) in [4.78, 5) is 11.9. The summed E-state index contributed by atoms with van der Waals surface area (Å²) < 4.78 is 47.4. The molecule has 0 saturated heterocycles. The minimum Gasteiger partial charge on any atom is -0.493 e. The van der Waals surface area contributed by atoms with Crippen LogP contribution in [0.15, 0.2) is 18.2 Å². The molecular formula is C13H12F3N3O3S. The molecule has 1 N–H and O–H groups in total. The summed E-state index contributed by atoms with van der Waals surface area (Å²) in [5.74, 6) is 0.450. The lowest BCUT2D eigenvalue weighted by Gasteiger charge is -2.09. The Morgan fingerprint density at radius 3 is 2.48 bits per heavy atom. The number of hydrogen-bond donors (Lipinski definition) is 1. The second kappa shape index (κ2) is 6.82. The minimum atomic E-state index is -4.58. The Hall–Kier alpha value is -2.36. The zero-order chi connectivity index (χ0) is 17.0. The van der Waals surface area contributed by atoms with E-state index in [1.54, 1.807) is 18.2 Å². The number of alkyl halides is 3. The van der Waals surface area contributed by atoms with E-state index in [1.807, 2.05) is 0 Å². The Labute approximate surface area is 133 Å². The molecule has 0 bridgehead atoms. The number of hydrogen-bond acceptors (Lipinski definition) is 6. The first kappa shape index (κ1) is 17.0. The number of ether oxygens (including phenoxy) is 2. The fraction of sp³-hybridized carbons (Fsp3) is 0.308. The highest BCUT2D eigenvalue weighted by atomic mass is 32.1. The predicted molar refractivity (Wildman–Crippen MR) is 76.8 cm³/mol. The number of halogens is 3. The van der Waals surface area contributed by atoms with E-state index in [9.17, 15) is 18.0 Å². The lowest BCUT2D eigenvalue weighted by molar-refractivity contribution is -0.138. The Morgan fingerprint density at radius 2 is 1.91 bits per heavy atom. The van der Waals surface area contributed by atoms with Gasteiger partial charge < -0.3 is 14.8 Å². The number of amides is 1. The highest BCUT2D eigenvalue weighted by Gasteiger charge is 2.35. The third kappa shape index (κ3) is 4.31. The van der Waals surface area contributed by atoms with Crippen LogP contribution in [0, 0.1) is 0 Å². The molecule has 0 spiro atoms. The van der Waals surface area contributed by atoms with Gasteiger partial charge in [-0.2, -0.15) is 13.2 Å². The van der Waals surface area contributed by atoms with Crippen LogP contribution in [-0.2, 0) is 17.4 Å². The fourth-order valence-electron chi connectivity index (χ4n) is 1.73. The number of benzene rings is 1. The largest absolute Gasteiger partial charge is 0.493 e. The van der Waals surface area contributed by atoms with Crippen LogP contribution in [0.25, 0.3) is 0 Å². The van der Waals surface area contributed by atoms with Crippen molar-refractivity contribution < 1.29 is 27.4 Å². The summed E-state index contributed by atoms with van der Waals surface area (Å²) in [6.45, 7) is 0. The minimum absolute atomic E-state index is 0.0543. The van der Waals surface area contributed by atoms with Crippen LogP contribution >= 0.6 is 11.3 Å². The molecule has 1 heterocycles. The molecule has 10 heteroatoms. The second-order valence-electron chi connectivity index (χ2n) is 4.32. The zero-order valence-corrected chi connectivity index (χ0v) is 12.9. The number of anilines is 1. The summed E-state index contributed by atoms with van der Waals surface area (Å²) in [6, 6.07) is 4.90. The van der Waals surface area contributed by atoms with Gasteiger partial charge in [-0.25, -0.2) is 0 Å². The number of rotatable bonds is 5. The van der Waals surface area contributed by atoms with Gasteiger partial charge >= 0.3 is 6.18 Å². The van der Waals surface area contributed by atoms with Crippen molar-refractivity contribution >= 4 is 22.4 Å². The molecule has 0 aliphatic rings. The molecule has 0 fully saturated rings. The molecule has 0 aliphatic carbocycles. The molecule has 1 aromatic carbocycles. The quantitative estimate of drug-likeness (QED) is 0.900. The normalized spacial score (nSPS) is 11.2. The maximum Gasteiger partial charge on any atom is 0.445 e. The van der Waals surface area contributed by atoms with E-state index in [2.05, 4.69) is 15.5 Å². The Morgan fingerprint density at radius 1 is 1.22 bits per heavy atom. The van der Waals surface area contributed by atoms with E-state index < -0.39 is 17.1 Å². The van der Waals surface area contributed by atoms with Gasteiger partial charge in [0, 0.05) is 0 Å². The number of carbonyl (C=O) groups is 1. The maximum absolute atomic E-state index is 12.4. The average Bonchev–Trinajstić information content (AvgIpc) is 2.95. The van der Waals surface area contributed by atoms with Crippen molar-refractivity contribution in [2.75, 3.05) is 19.5 Å². The third-order valence-corrected chi connectivity index (χ3v) is 3.61. The molecule has 0 radical (unpaired) electrons. The molecule has 6 nitrogen and oxygen atoms in total. The average molecular weight is 347 g/mol. The van der Waals surface area contributed by atoms with E-state index >= 15 is 0 Å². The molecule has 0 unspecified atom stereocenters. The van der Waals surface area contributed by atoms with Gasteiger partial charge in [-0.05, 0) is 17.7 Å². The first-order valence-electron chi connectivity index (χ1n) is 6.25. The molecule has 0 saturated carbocycles. The second-order valence-corrected chi connectivity index (χ2v) is 5.30. The lowest BCUT2D eigenvalue weighted by atomic mass is 10.1. The summed E-state index contributed by atoms with van der Waals surface area (Å²) in [5, 5.41) is 7.25. The monoisotopic (exact) mass is 347 g/mol. The van der Waals surface area contributed by atoms with Gasteiger partial charge in [-0.15, -0.1) is 10.2 Å². The molecular weight excluding hydrogens is 335 g/mol. The first-order chi connectivity index (χ1) is 10.8. The standard InChI is InChI=1S/C13H12F3N3O3S/c1-21-8-4-3-7(5-9(8)22-2)6-10(20)17-12-19-18-11(23-12)13(14,15)16/h3-5H,6H2,1-2H3,(H,17,19,20). The van der Waals surface area contributed by atoms with Crippen molar-refractivity contribution in [1.29, 1.82) is 0 Å². The van der Waals surface area contributed by atoms with Gasteiger partial charge in [0.1, 0.15) is 0 Å². The summed E-state index contributed by atoms with van der Waals surface area (Å²) in [7, 11) is 2.94. The van der Waals surface area contributed by atoms with Crippen LogP contribution in [0.4, 0.5) is 18.3 Å². The Balaban J connectivity index is 2.03. The first-order valence-corrected chi connectivity index (χ1v) is 7.06. The summed E-state index contributed by atoms with van der Waals surface area (Å²) in [5.41, 5.74) is 0.612. The smallest absolute Gasteiger partial charge is 0.445 e. The SMILES string of the molecule is COc1ccc(CC(=O)Nc2nnc(C(F)(F)F)s2)cc1OC. The van der Waals surface area contributed by atoms with Gasteiger partial charge in [0.25, 0.3) is 0 Å². The van der Waals surface area contributed by atoms with Gasteiger partial charge in [0.2, 0.25) is 16.0 Å². The van der Waals surface area contributed by atoms with Gasteiger partial charge in [-0.1, -0.05) is 17.4 Å². The summed E-state index contributed by atoms with van der Waals surface area (Å²) in [6.07, 6.45) is -4.63. The van der Waals surface area contributed by atoms with Crippen molar-refractivity contribution in [1.82, 2.24) is 10.2 Å². The van der Waals surface area contributed by atoms with Crippen molar-refractivity contribution in [2.45, 2.75) is 12.6 Å². The number of carbonyl (C=O) groups excluding carboxylic acids is 1. The molecule has 2 rings (SSSR count). The van der Waals surface area contributed by atoms with Crippen molar-refractivity contribution in [3.05, 3.63) is 28.8 Å². The van der Waals surface area contributed by atoms with Crippen LogP contribution in [0.5, 0.6) is 11.5 Å². The number of nitrogens with one attached hydrogen (secondary N) is 1. The molecule has 1 aromatic heterocycles. The molecule has 0 atom stereocenters. The fourth-order valence-corrected chi connectivity index (χ4v) is 2.35. The predicted octanol–water partition coefficient (Wildman–Crippen LogP) is 2.76. The van der Waals surface area contributed by atoms with Crippen molar-refractivity contribution in [3.8, 4) is 11.5 Å². The van der Waals surface area contributed by atoms with E-state index in [1.165, 1.54) is 14.2 Å². The lowest BCUT2D eigenvalue weighted by Crippen LogP contribution is -2.14. The van der Waals surface area contributed by atoms with E-state index in [0.29, 0.717) is 17.1 Å². The number of methoxy groups -OCH3 is 2. The van der Waals surface area contributed by atoms with E-state index in [0.717, 1.165) is 0 Å². The molecule has 23 heavy (non-hydrogen) atoms. The molecule has 124 valence electrons. The molecule has 0 aliphatic heterocycles. The highest BCUT2D eigenvalue weighted by molar-refractivity contribution is 7.15. The maximum atomic E-state index is 12.4. The van der Waals surface area contributed by atoms with Crippen LogP contribution < -0.4 is 14.8 Å². The third-order valence-electron chi connectivity index (χ3n) is 2.73. The highest BCUT2D eigenvalue weighted by Crippen LogP contribution is 2.33. The van der Waals surface area contributed by atoms with Crippen LogP contribution in [0.1, 0.15) is 10.6 Å². The van der Waals surface area contributed by atoms with Gasteiger partial charge in [0.05, 0.1) is 20.6 Å². The summed E-state index contributed by atoms with van der Waals surface area (Å²) >= 11 is 0.269. The van der Waals surface area contributed by atoms with Crippen molar-refractivity contribution in [2.24, 2.45) is 0 Å². The Kier molecular flexibility index (Phi) is 5.04. The van der Waals surface area contributed by atoms with Crippen LogP contribution in [0.2, 0.25) is 0 Å². The molecule has 1 amide bonds. The van der Waals surface area contributed by atoms with Gasteiger partial charge in [-0.3, -0.25) is 4.79 Å². The number of aromatic nitrogens is 2. The Bertz CT molecular complexity index is 703. The van der Waals surface area contributed by atoms with Crippen LogP contribution in [0.3, 0.4) is 0 Å².